The fourth-order valence-electron chi connectivity index (χ4n) is 4.52. The summed E-state index contributed by atoms with van der Waals surface area (Å²) in [5, 5.41) is 4.64. The molecule has 2 heterocycles. The van der Waals surface area contributed by atoms with E-state index < -0.39 is 5.97 Å². The van der Waals surface area contributed by atoms with Crippen molar-refractivity contribution in [2.24, 2.45) is 0 Å². The maximum absolute atomic E-state index is 14.2. The van der Waals surface area contributed by atoms with Crippen molar-refractivity contribution in [2.45, 2.75) is 26.2 Å². The summed E-state index contributed by atoms with van der Waals surface area (Å²) < 4.78 is 19.2. The molecule has 3 aromatic carbocycles. The Morgan fingerprint density at radius 3 is 2.68 bits per heavy atom. The van der Waals surface area contributed by atoms with Gasteiger partial charge in [-0.3, -0.25) is 4.79 Å². The highest BCUT2D eigenvalue weighted by atomic mass is 19.1. The molecular formula is C30H26FN3O3. The van der Waals surface area contributed by atoms with Crippen LogP contribution in [0.1, 0.15) is 35.7 Å². The number of benzene rings is 3. The van der Waals surface area contributed by atoms with Gasteiger partial charge < -0.3 is 15.0 Å². The van der Waals surface area contributed by atoms with E-state index in [2.05, 4.69) is 10.3 Å². The number of anilines is 1. The van der Waals surface area contributed by atoms with Crippen LogP contribution < -0.4 is 5.32 Å². The SMILES string of the molecule is CCOC(=O)c1ccccc1NC(=O)CCCc1c(-c2ccc3ccccc3n2)[nH]c2ccc(F)cc12. The Hall–Kier alpha value is -4.52. The summed E-state index contributed by atoms with van der Waals surface area (Å²) in [5.41, 5.74) is 4.91. The van der Waals surface area contributed by atoms with Crippen molar-refractivity contribution in [3.63, 3.8) is 0 Å². The van der Waals surface area contributed by atoms with Gasteiger partial charge in [-0.05, 0) is 67.8 Å². The summed E-state index contributed by atoms with van der Waals surface area (Å²) in [6.07, 6.45) is 1.29. The second-order valence-corrected chi connectivity index (χ2v) is 8.73. The molecule has 0 saturated heterocycles. The van der Waals surface area contributed by atoms with Crippen molar-refractivity contribution in [1.29, 1.82) is 0 Å². The number of halogens is 1. The van der Waals surface area contributed by atoms with Crippen molar-refractivity contribution in [1.82, 2.24) is 9.97 Å². The van der Waals surface area contributed by atoms with Gasteiger partial charge in [-0.15, -0.1) is 0 Å². The number of rotatable bonds is 8. The summed E-state index contributed by atoms with van der Waals surface area (Å²) in [7, 11) is 0. The predicted molar refractivity (Wildman–Crippen MR) is 143 cm³/mol. The van der Waals surface area contributed by atoms with Gasteiger partial charge in [-0.1, -0.05) is 36.4 Å². The summed E-state index contributed by atoms with van der Waals surface area (Å²) in [6.45, 7) is 1.98. The molecule has 5 rings (SSSR count). The number of amides is 1. The van der Waals surface area contributed by atoms with E-state index in [9.17, 15) is 14.0 Å². The lowest BCUT2D eigenvalue weighted by Gasteiger charge is -2.10. The number of aromatic amines is 1. The van der Waals surface area contributed by atoms with Gasteiger partial charge in [-0.2, -0.15) is 0 Å². The number of H-pyrrole nitrogens is 1. The first-order valence-electron chi connectivity index (χ1n) is 12.3. The minimum Gasteiger partial charge on any atom is -0.462 e. The monoisotopic (exact) mass is 495 g/mol. The number of para-hydroxylation sites is 2. The maximum atomic E-state index is 14.2. The molecule has 0 aliphatic rings. The van der Waals surface area contributed by atoms with Gasteiger partial charge in [0.1, 0.15) is 5.82 Å². The molecular weight excluding hydrogens is 469 g/mol. The predicted octanol–water partition coefficient (Wildman–Crippen LogP) is 6.66. The Labute approximate surface area is 213 Å². The van der Waals surface area contributed by atoms with Crippen LogP contribution in [0.25, 0.3) is 33.2 Å². The molecule has 0 fully saturated rings. The zero-order valence-corrected chi connectivity index (χ0v) is 20.4. The van der Waals surface area contributed by atoms with Crippen LogP contribution in [0.15, 0.2) is 78.9 Å². The van der Waals surface area contributed by atoms with Crippen LogP contribution in [0.2, 0.25) is 0 Å². The minimum absolute atomic E-state index is 0.215. The zero-order valence-electron chi connectivity index (χ0n) is 20.4. The van der Waals surface area contributed by atoms with Gasteiger partial charge in [0.15, 0.2) is 0 Å². The van der Waals surface area contributed by atoms with Gasteiger partial charge in [-0.25, -0.2) is 14.2 Å². The first kappa shape index (κ1) is 24.2. The standard InChI is InChI=1S/C30H26FN3O3/c1-2-37-30(36)22-9-4-6-12-25(22)33-28(35)13-7-10-21-23-18-20(31)15-17-26(23)34-29(21)27-16-14-19-8-3-5-11-24(19)32-27/h3-6,8-9,11-12,14-18,34H,2,7,10,13H2,1H3,(H,33,35). The second-order valence-electron chi connectivity index (χ2n) is 8.73. The van der Waals surface area contributed by atoms with Gasteiger partial charge in [0.05, 0.1) is 34.8 Å². The minimum atomic E-state index is -0.480. The molecule has 5 aromatic rings. The van der Waals surface area contributed by atoms with Gasteiger partial charge in [0, 0.05) is 22.7 Å². The molecule has 0 radical (unpaired) electrons. The average Bonchev–Trinajstić information content (AvgIpc) is 3.26. The fraction of sp³-hybridized carbons (Fsp3) is 0.167. The van der Waals surface area contributed by atoms with Crippen LogP contribution in [0.3, 0.4) is 0 Å². The van der Waals surface area contributed by atoms with Crippen molar-refractivity contribution < 1.29 is 18.7 Å². The van der Waals surface area contributed by atoms with Crippen LogP contribution in [0, 0.1) is 5.82 Å². The molecule has 2 aromatic heterocycles. The molecule has 0 aliphatic heterocycles. The number of carbonyl (C=O) groups is 2. The molecule has 37 heavy (non-hydrogen) atoms. The van der Waals surface area contributed by atoms with Crippen LogP contribution >= 0.6 is 0 Å². The largest absolute Gasteiger partial charge is 0.462 e. The van der Waals surface area contributed by atoms with Crippen LogP contribution in [0.5, 0.6) is 0 Å². The molecule has 0 spiro atoms. The van der Waals surface area contributed by atoms with Crippen molar-refractivity contribution >= 4 is 39.4 Å². The topological polar surface area (TPSA) is 84.1 Å². The number of aryl methyl sites for hydroxylation is 1. The first-order valence-corrected chi connectivity index (χ1v) is 12.3. The average molecular weight is 496 g/mol. The third-order valence-corrected chi connectivity index (χ3v) is 6.25. The third kappa shape index (κ3) is 5.21. The van der Waals surface area contributed by atoms with E-state index in [-0.39, 0.29) is 24.8 Å². The van der Waals surface area contributed by atoms with Crippen molar-refractivity contribution in [3.8, 4) is 11.4 Å². The number of hydrogen-bond acceptors (Lipinski definition) is 4. The highest BCUT2D eigenvalue weighted by Gasteiger charge is 2.17. The lowest BCUT2D eigenvalue weighted by molar-refractivity contribution is -0.116. The highest BCUT2D eigenvalue weighted by Crippen LogP contribution is 2.32. The molecule has 6 nitrogen and oxygen atoms in total. The summed E-state index contributed by atoms with van der Waals surface area (Å²) in [6, 6.07) is 23.3. The van der Waals surface area contributed by atoms with E-state index in [0.717, 1.165) is 38.8 Å². The van der Waals surface area contributed by atoms with Crippen LogP contribution in [-0.2, 0) is 16.0 Å². The summed E-state index contributed by atoms with van der Waals surface area (Å²) in [5.74, 6) is -1.01. The third-order valence-electron chi connectivity index (χ3n) is 6.25. The van der Waals surface area contributed by atoms with Crippen molar-refractivity contribution in [3.05, 3.63) is 95.8 Å². The molecule has 7 heteroatoms. The van der Waals surface area contributed by atoms with Crippen LogP contribution in [-0.4, -0.2) is 28.5 Å². The second kappa shape index (κ2) is 10.6. The van der Waals surface area contributed by atoms with Gasteiger partial charge in [0.2, 0.25) is 5.91 Å². The summed E-state index contributed by atoms with van der Waals surface area (Å²) in [4.78, 5) is 33.2. The lowest BCUT2D eigenvalue weighted by Crippen LogP contribution is -2.15. The van der Waals surface area contributed by atoms with E-state index in [1.165, 1.54) is 12.1 Å². The normalized spacial score (nSPS) is 11.1. The summed E-state index contributed by atoms with van der Waals surface area (Å²) >= 11 is 0. The maximum Gasteiger partial charge on any atom is 0.340 e. The van der Waals surface area contributed by atoms with E-state index >= 15 is 0 Å². The molecule has 2 N–H and O–H groups in total. The Morgan fingerprint density at radius 2 is 1.81 bits per heavy atom. The number of esters is 1. The number of ether oxygens (including phenoxy) is 1. The van der Waals surface area contributed by atoms with E-state index in [1.54, 1.807) is 37.3 Å². The number of nitrogens with zero attached hydrogens (tertiary/aromatic N) is 1. The highest BCUT2D eigenvalue weighted by molar-refractivity contribution is 6.01. The Bertz CT molecular complexity index is 1610. The molecule has 0 saturated carbocycles. The number of hydrogen-bond donors (Lipinski definition) is 2. The number of carbonyl (C=O) groups excluding carboxylic acids is 2. The Kier molecular flexibility index (Phi) is 6.94. The molecule has 1 amide bonds. The first-order chi connectivity index (χ1) is 18.0. The Morgan fingerprint density at radius 1 is 1.00 bits per heavy atom. The van der Waals surface area contributed by atoms with E-state index in [0.29, 0.717) is 24.1 Å². The number of pyridine rings is 1. The number of nitrogens with one attached hydrogen (secondary N) is 2. The number of aromatic nitrogens is 2. The molecule has 0 atom stereocenters. The van der Waals surface area contributed by atoms with Crippen LogP contribution in [0.4, 0.5) is 10.1 Å². The lowest BCUT2D eigenvalue weighted by atomic mass is 10.0. The van der Waals surface area contributed by atoms with E-state index in [4.69, 9.17) is 9.72 Å². The molecule has 186 valence electrons. The zero-order chi connectivity index (χ0) is 25.8. The van der Waals surface area contributed by atoms with Gasteiger partial charge in [0.25, 0.3) is 0 Å². The smallest absolute Gasteiger partial charge is 0.340 e. The quantitative estimate of drug-likeness (QED) is 0.236. The Balaban J connectivity index is 1.37. The molecule has 0 aliphatic carbocycles. The number of fused-ring (bicyclic) bond motifs is 2. The van der Waals surface area contributed by atoms with Crippen molar-refractivity contribution in [2.75, 3.05) is 11.9 Å². The molecule has 0 bridgehead atoms. The van der Waals surface area contributed by atoms with Gasteiger partial charge >= 0.3 is 5.97 Å². The fourth-order valence-corrected chi connectivity index (χ4v) is 4.52. The van der Waals surface area contributed by atoms with E-state index in [1.807, 2.05) is 36.4 Å². The molecule has 0 unspecified atom stereocenters.